The quantitative estimate of drug-likeness (QED) is 0.580. The van der Waals surface area contributed by atoms with Gasteiger partial charge in [-0.15, -0.1) is 0 Å². The number of nitrogens with one attached hydrogen (secondary N) is 2. The highest BCUT2D eigenvalue weighted by Crippen LogP contribution is 2.24. The van der Waals surface area contributed by atoms with Gasteiger partial charge in [0.15, 0.2) is 0 Å². The number of hydrogen-bond donors (Lipinski definition) is 3. The molecule has 0 amide bonds. The summed E-state index contributed by atoms with van der Waals surface area (Å²) >= 11 is 5.90. The first kappa shape index (κ1) is 17.1. The van der Waals surface area contributed by atoms with E-state index in [2.05, 4.69) is 25.6 Å². The van der Waals surface area contributed by atoms with Crippen molar-refractivity contribution in [3.63, 3.8) is 0 Å². The molecule has 1 heterocycles. The van der Waals surface area contributed by atoms with E-state index in [0.29, 0.717) is 0 Å². The Morgan fingerprint density at radius 3 is 2.12 bits per heavy atom. The Balaban J connectivity index is 1.92. The molecule has 0 aliphatic carbocycles. The largest absolute Gasteiger partial charge is 0.324 e. The van der Waals surface area contributed by atoms with Crippen LogP contribution in [0.2, 0.25) is 5.28 Å². The van der Waals surface area contributed by atoms with Gasteiger partial charge >= 0.3 is 0 Å². The van der Waals surface area contributed by atoms with Crippen LogP contribution in [-0.2, 0) is 10.1 Å². The van der Waals surface area contributed by atoms with Crippen molar-refractivity contribution in [2.24, 2.45) is 0 Å². The zero-order valence-corrected chi connectivity index (χ0v) is 14.2. The van der Waals surface area contributed by atoms with E-state index in [4.69, 9.17) is 11.6 Å². The Kier molecular flexibility index (Phi) is 4.79. The van der Waals surface area contributed by atoms with Crippen molar-refractivity contribution in [1.29, 1.82) is 0 Å². The normalized spacial score (nSPS) is 11.1. The van der Waals surface area contributed by atoms with E-state index in [9.17, 15) is 13.0 Å². The molecule has 0 aliphatic rings. The van der Waals surface area contributed by atoms with Gasteiger partial charge in [0.05, 0.1) is 5.69 Å². The number of rotatable bonds is 5. The summed E-state index contributed by atoms with van der Waals surface area (Å²) in [7, 11) is -4.40. The Hall–Kier alpha value is -2.75. The molecule has 0 saturated heterocycles. The number of hydrogen-bond acceptors (Lipinski definition) is 7. The molecule has 0 atom stereocenters. The first-order valence-corrected chi connectivity index (χ1v) is 8.81. The zero-order chi connectivity index (χ0) is 17.9. The van der Waals surface area contributed by atoms with E-state index >= 15 is 0 Å². The van der Waals surface area contributed by atoms with Gasteiger partial charge in [-0.2, -0.15) is 23.4 Å². The van der Waals surface area contributed by atoms with Crippen molar-refractivity contribution >= 4 is 45.0 Å². The lowest BCUT2D eigenvalue weighted by Crippen LogP contribution is -2.07. The molecule has 128 valence electrons. The average molecular weight is 378 g/mol. The fourth-order valence-electron chi connectivity index (χ4n) is 2.03. The van der Waals surface area contributed by atoms with Crippen LogP contribution in [0, 0.1) is 0 Å². The SMILES string of the molecule is O=S(=O)(O)c1ccccc1Nc1nc(Cl)nc(Nc2ccccc2)n1. The number of para-hydroxylation sites is 2. The molecule has 3 N–H and O–H groups in total. The lowest BCUT2D eigenvalue weighted by Gasteiger charge is -2.10. The second-order valence-corrected chi connectivity index (χ2v) is 6.57. The summed E-state index contributed by atoms with van der Waals surface area (Å²) in [5, 5.41) is 5.60. The lowest BCUT2D eigenvalue weighted by atomic mass is 10.3. The molecule has 1 aromatic heterocycles. The topological polar surface area (TPSA) is 117 Å². The maximum atomic E-state index is 11.4. The molecule has 3 rings (SSSR count). The monoisotopic (exact) mass is 377 g/mol. The molecule has 8 nitrogen and oxygen atoms in total. The molecule has 2 aromatic carbocycles. The molecule has 25 heavy (non-hydrogen) atoms. The van der Waals surface area contributed by atoms with E-state index in [-0.39, 0.29) is 27.8 Å². The highest BCUT2D eigenvalue weighted by Gasteiger charge is 2.16. The van der Waals surface area contributed by atoms with Gasteiger partial charge in [-0.1, -0.05) is 30.3 Å². The van der Waals surface area contributed by atoms with Crippen molar-refractivity contribution in [1.82, 2.24) is 15.0 Å². The van der Waals surface area contributed by atoms with E-state index in [1.807, 2.05) is 30.3 Å². The third kappa shape index (κ3) is 4.41. The van der Waals surface area contributed by atoms with Gasteiger partial charge in [-0.25, -0.2) is 0 Å². The number of benzene rings is 2. The molecule has 0 bridgehead atoms. The highest BCUT2D eigenvalue weighted by molar-refractivity contribution is 7.86. The first-order chi connectivity index (χ1) is 11.9. The zero-order valence-electron chi connectivity index (χ0n) is 12.6. The van der Waals surface area contributed by atoms with Crippen LogP contribution in [0.3, 0.4) is 0 Å². The smallest absolute Gasteiger partial charge is 0.296 e. The van der Waals surface area contributed by atoms with Crippen LogP contribution in [0.4, 0.5) is 23.3 Å². The number of nitrogens with zero attached hydrogens (tertiary/aromatic N) is 3. The standard InChI is InChI=1S/C15H12ClN5O3S/c16-13-19-14(17-10-6-2-1-3-7-10)21-15(20-13)18-11-8-4-5-9-12(11)25(22,23)24/h1-9H,(H,22,23,24)(H2,17,18,19,20,21). The predicted octanol–water partition coefficient (Wildman–Crippen LogP) is 3.26. The van der Waals surface area contributed by atoms with Crippen molar-refractivity contribution < 1.29 is 13.0 Å². The Labute approximate surface area is 148 Å². The summed E-state index contributed by atoms with van der Waals surface area (Å²) in [5.74, 6) is 0.201. The minimum Gasteiger partial charge on any atom is -0.324 e. The second kappa shape index (κ2) is 7.01. The molecule has 10 heteroatoms. The summed E-state index contributed by atoms with van der Waals surface area (Å²) in [6, 6.07) is 15.0. The van der Waals surface area contributed by atoms with Crippen molar-refractivity contribution in [2.45, 2.75) is 4.90 Å². The Bertz CT molecular complexity index is 999. The molecule has 0 fully saturated rings. The molecule has 0 saturated carbocycles. The van der Waals surface area contributed by atoms with Crippen molar-refractivity contribution in [3.8, 4) is 0 Å². The van der Waals surface area contributed by atoms with Crippen molar-refractivity contribution in [2.75, 3.05) is 10.6 Å². The van der Waals surface area contributed by atoms with Crippen LogP contribution >= 0.6 is 11.6 Å². The molecule has 0 unspecified atom stereocenters. The molecule has 0 radical (unpaired) electrons. The minimum absolute atomic E-state index is 0.0227. The number of halogens is 1. The lowest BCUT2D eigenvalue weighted by molar-refractivity contribution is 0.483. The van der Waals surface area contributed by atoms with E-state index in [1.54, 1.807) is 6.07 Å². The molecular formula is C15H12ClN5O3S. The molecule has 3 aromatic rings. The minimum atomic E-state index is -4.40. The van der Waals surface area contributed by atoms with Crippen molar-refractivity contribution in [3.05, 3.63) is 59.9 Å². The molecule has 0 aliphatic heterocycles. The van der Waals surface area contributed by atoms with Gasteiger partial charge in [-0.05, 0) is 35.9 Å². The van der Waals surface area contributed by atoms with Gasteiger partial charge in [0, 0.05) is 5.69 Å². The first-order valence-electron chi connectivity index (χ1n) is 6.99. The fourth-order valence-corrected chi connectivity index (χ4v) is 2.84. The summed E-state index contributed by atoms with van der Waals surface area (Å²) < 4.78 is 32.2. The number of aromatic nitrogens is 3. The van der Waals surface area contributed by atoms with Crippen LogP contribution in [0.15, 0.2) is 59.5 Å². The van der Waals surface area contributed by atoms with Gasteiger partial charge in [0.2, 0.25) is 17.2 Å². The van der Waals surface area contributed by atoms with Gasteiger partial charge in [0.25, 0.3) is 10.1 Å². The maximum absolute atomic E-state index is 11.4. The summed E-state index contributed by atoms with van der Waals surface area (Å²) in [5.41, 5.74) is 0.854. The Morgan fingerprint density at radius 2 is 1.44 bits per heavy atom. The molecule has 0 spiro atoms. The highest BCUT2D eigenvalue weighted by atomic mass is 35.5. The maximum Gasteiger partial charge on any atom is 0.296 e. The third-order valence-electron chi connectivity index (χ3n) is 3.05. The van der Waals surface area contributed by atoms with Crippen LogP contribution in [-0.4, -0.2) is 27.9 Å². The fraction of sp³-hybridized carbons (Fsp3) is 0. The summed E-state index contributed by atoms with van der Waals surface area (Å²) in [4.78, 5) is 11.7. The number of anilines is 4. The van der Waals surface area contributed by atoms with Gasteiger partial charge in [-0.3, -0.25) is 4.55 Å². The average Bonchev–Trinajstić information content (AvgIpc) is 2.55. The van der Waals surface area contributed by atoms with Crippen LogP contribution in [0.25, 0.3) is 0 Å². The summed E-state index contributed by atoms with van der Waals surface area (Å²) in [6.45, 7) is 0. The predicted molar refractivity (Wildman–Crippen MR) is 94.1 cm³/mol. The van der Waals surface area contributed by atoms with Gasteiger partial charge in [0.1, 0.15) is 4.90 Å². The second-order valence-electron chi connectivity index (χ2n) is 4.84. The van der Waals surface area contributed by atoms with Crippen LogP contribution in [0.5, 0.6) is 0 Å². The van der Waals surface area contributed by atoms with Crippen LogP contribution in [0.1, 0.15) is 0 Å². The van der Waals surface area contributed by atoms with E-state index < -0.39 is 10.1 Å². The molecular weight excluding hydrogens is 366 g/mol. The van der Waals surface area contributed by atoms with Gasteiger partial charge < -0.3 is 10.6 Å². The van der Waals surface area contributed by atoms with E-state index in [1.165, 1.54) is 18.2 Å². The summed E-state index contributed by atoms with van der Waals surface area (Å²) in [6.07, 6.45) is 0. The van der Waals surface area contributed by atoms with Crippen LogP contribution < -0.4 is 10.6 Å². The Morgan fingerprint density at radius 1 is 0.840 bits per heavy atom. The third-order valence-corrected chi connectivity index (χ3v) is 4.13. The van der Waals surface area contributed by atoms with E-state index in [0.717, 1.165) is 5.69 Å².